The molecule has 0 bridgehead atoms. The van der Waals surface area contributed by atoms with Crippen molar-refractivity contribution in [3.63, 3.8) is 0 Å². The standard InChI is InChI=1S/C25H25N7O/c1-33-23-11-15-8-9-27-13-17(15)10-22(23)30-24-28-14-16-6-7-18(12-21(16)29-24)25(26)31-19-4-2-3-5-20(19)32-25/h2-7,10-12,14,27,31-32H,8-9,13,26H2,1H3,(H,28,29,30). The number of rotatable bonds is 4. The van der Waals surface area contributed by atoms with Crippen LogP contribution in [-0.2, 0) is 18.8 Å². The quantitative estimate of drug-likeness (QED) is 0.328. The lowest BCUT2D eigenvalue weighted by Crippen LogP contribution is -2.47. The molecule has 1 aromatic heterocycles. The fourth-order valence-corrected chi connectivity index (χ4v) is 4.53. The minimum atomic E-state index is -0.912. The molecule has 4 aromatic rings. The Morgan fingerprint density at radius 3 is 2.64 bits per heavy atom. The minimum Gasteiger partial charge on any atom is -0.495 e. The molecule has 6 N–H and O–H groups in total. The molecule has 6 rings (SSSR count). The molecule has 0 saturated carbocycles. The number of fused-ring (bicyclic) bond motifs is 3. The highest BCUT2D eigenvalue weighted by Crippen LogP contribution is 2.37. The number of hydrogen-bond acceptors (Lipinski definition) is 8. The molecule has 0 atom stereocenters. The van der Waals surface area contributed by atoms with Crippen LogP contribution in [-0.4, -0.2) is 23.6 Å². The van der Waals surface area contributed by atoms with E-state index in [1.54, 1.807) is 7.11 Å². The summed E-state index contributed by atoms with van der Waals surface area (Å²) in [7, 11) is 1.68. The van der Waals surface area contributed by atoms with Crippen molar-refractivity contribution < 1.29 is 4.74 Å². The molecule has 0 spiro atoms. The van der Waals surface area contributed by atoms with Crippen LogP contribution >= 0.6 is 0 Å². The number of nitrogens with zero attached hydrogens (tertiary/aromatic N) is 2. The van der Waals surface area contributed by atoms with Crippen LogP contribution in [0.4, 0.5) is 23.0 Å². The van der Waals surface area contributed by atoms with Gasteiger partial charge in [-0.15, -0.1) is 0 Å². The third kappa shape index (κ3) is 3.49. The average Bonchev–Trinajstić information content (AvgIpc) is 3.20. The van der Waals surface area contributed by atoms with E-state index in [0.29, 0.717) is 5.95 Å². The van der Waals surface area contributed by atoms with E-state index >= 15 is 0 Å². The van der Waals surface area contributed by atoms with Gasteiger partial charge in [0, 0.05) is 23.7 Å². The maximum absolute atomic E-state index is 6.68. The molecular formula is C25H25N7O. The van der Waals surface area contributed by atoms with Crippen LogP contribution in [0.1, 0.15) is 16.7 Å². The molecule has 0 unspecified atom stereocenters. The molecule has 0 amide bonds. The Hall–Kier alpha value is -3.88. The summed E-state index contributed by atoms with van der Waals surface area (Å²) in [5.74, 6) is 0.375. The Morgan fingerprint density at radius 2 is 1.85 bits per heavy atom. The first-order chi connectivity index (χ1) is 16.1. The fourth-order valence-electron chi connectivity index (χ4n) is 4.53. The van der Waals surface area contributed by atoms with Gasteiger partial charge in [-0.25, -0.2) is 9.97 Å². The highest BCUT2D eigenvalue weighted by Gasteiger charge is 2.34. The van der Waals surface area contributed by atoms with Gasteiger partial charge >= 0.3 is 0 Å². The number of nitrogens with one attached hydrogen (secondary N) is 4. The zero-order valence-corrected chi connectivity index (χ0v) is 18.3. The van der Waals surface area contributed by atoms with Gasteiger partial charge in [0.05, 0.1) is 29.7 Å². The molecule has 3 heterocycles. The van der Waals surface area contributed by atoms with Crippen molar-refractivity contribution in [3.05, 3.63) is 77.5 Å². The summed E-state index contributed by atoms with van der Waals surface area (Å²) in [6.45, 7) is 1.83. The number of nitrogens with two attached hydrogens (primary N) is 1. The Labute approximate surface area is 191 Å². The van der Waals surface area contributed by atoms with Gasteiger partial charge in [0.1, 0.15) is 5.75 Å². The van der Waals surface area contributed by atoms with E-state index in [2.05, 4.69) is 38.4 Å². The number of para-hydroxylation sites is 2. The van der Waals surface area contributed by atoms with Crippen LogP contribution < -0.4 is 31.7 Å². The van der Waals surface area contributed by atoms with Crippen LogP contribution in [0.25, 0.3) is 10.9 Å². The molecule has 8 nitrogen and oxygen atoms in total. The zero-order valence-electron chi connectivity index (χ0n) is 18.3. The molecule has 166 valence electrons. The SMILES string of the molecule is COc1cc2c(cc1Nc1ncc3ccc(C4(N)Nc5ccccc5N4)cc3n1)CNCC2. The van der Waals surface area contributed by atoms with E-state index in [-0.39, 0.29) is 0 Å². The van der Waals surface area contributed by atoms with E-state index in [4.69, 9.17) is 15.5 Å². The molecule has 2 aliphatic heterocycles. The van der Waals surface area contributed by atoms with Crippen molar-refractivity contribution in [2.45, 2.75) is 18.8 Å². The number of aromatic nitrogens is 2. The number of anilines is 4. The lowest BCUT2D eigenvalue weighted by atomic mass is 10.00. The second-order valence-electron chi connectivity index (χ2n) is 8.44. The monoisotopic (exact) mass is 439 g/mol. The zero-order chi connectivity index (χ0) is 22.4. The fraction of sp³-hybridized carbons (Fsp3) is 0.200. The highest BCUT2D eigenvalue weighted by atomic mass is 16.5. The molecule has 3 aromatic carbocycles. The molecule has 2 aliphatic rings. The van der Waals surface area contributed by atoms with Crippen molar-refractivity contribution >= 4 is 33.9 Å². The van der Waals surface area contributed by atoms with Gasteiger partial charge in [0.2, 0.25) is 5.95 Å². The smallest absolute Gasteiger partial charge is 0.227 e. The molecule has 0 saturated heterocycles. The highest BCUT2D eigenvalue weighted by molar-refractivity contribution is 5.82. The van der Waals surface area contributed by atoms with E-state index in [0.717, 1.165) is 58.8 Å². The third-order valence-corrected chi connectivity index (χ3v) is 6.28. The van der Waals surface area contributed by atoms with Crippen molar-refractivity contribution in [2.75, 3.05) is 29.6 Å². The Balaban J connectivity index is 1.33. The predicted octanol–water partition coefficient (Wildman–Crippen LogP) is 3.63. The topological polar surface area (TPSA) is 109 Å². The summed E-state index contributed by atoms with van der Waals surface area (Å²) in [6, 6.07) is 18.2. The summed E-state index contributed by atoms with van der Waals surface area (Å²) >= 11 is 0. The van der Waals surface area contributed by atoms with Crippen LogP contribution in [0.15, 0.2) is 60.8 Å². The lowest BCUT2D eigenvalue weighted by molar-refractivity contribution is 0.415. The van der Waals surface area contributed by atoms with Gasteiger partial charge in [-0.3, -0.25) is 5.73 Å². The number of benzene rings is 3. The molecule has 0 aliphatic carbocycles. The average molecular weight is 440 g/mol. The summed E-state index contributed by atoms with van der Waals surface area (Å²) < 4.78 is 5.63. The number of methoxy groups -OCH3 is 1. The van der Waals surface area contributed by atoms with Crippen LogP contribution in [0.5, 0.6) is 5.75 Å². The first-order valence-electron chi connectivity index (χ1n) is 11.0. The molecular weight excluding hydrogens is 414 g/mol. The normalized spacial score (nSPS) is 15.8. The van der Waals surface area contributed by atoms with Crippen LogP contribution in [0.2, 0.25) is 0 Å². The predicted molar refractivity (Wildman–Crippen MR) is 131 cm³/mol. The molecule has 8 heteroatoms. The van der Waals surface area contributed by atoms with Gasteiger partial charge in [0.15, 0.2) is 5.79 Å². The van der Waals surface area contributed by atoms with E-state index in [9.17, 15) is 0 Å². The second kappa shape index (κ2) is 7.61. The van der Waals surface area contributed by atoms with Gasteiger partial charge in [-0.05, 0) is 54.4 Å². The molecule has 0 fully saturated rings. The Kier molecular flexibility index (Phi) is 4.56. The number of ether oxygens (including phenoxy) is 1. The maximum Gasteiger partial charge on any atom is 0.227 e. The van der Waals surface area contributed by atoms with Gasteiger partial charge in [0.25, 0.3) is 0 Å². The molecule has 33 heavy (non-hydrogen) atoms. The summed E-state index contributed by atoms with van der Waals surface area (Å²) in [5.41, 5.74) is 13.7. The third-order valence-electron chi connectivity index (χ3n) is 6.28. The number of hydrogen-bond donors (Lipinski definition) is 5. The van der Waals surface area contributed by atoms with Gasteiger partial charge in [-0.1, -0.05) is 24.3 Å². The summed E-state index contributed by atoms with van der Waals surface area (Å²) in [4.78, 5) is 9.28. The van der Waals surface area contributed by atoms with Crippen LogP contribution in [0.3, 0.4) is 0 Å². The van der Waals surface area contributed by atoms with E-state index in [1.807, 2.05) is 48.7 Å². The summed E-state index contributed by atoms with van der Waals surface area (Å²) in [6.07, 6.45) is 2.81. The van der Waals surface area contributed by atoms with Crippen molar-refractivity contribution in [1.82, 2.24) is 15.3 Å². The summed E-state index contributed by atoms with van der Waals surface area (Å²) in [5, 5.41) is 14.4. The van der Waals surface area contributed by atoms with Crippen LogP contribution in [0, 0.1) is 0 Å². The first-order valence-corrected chi connectivity index (χ1v) is 11.0. The minimum absolute atomic E-state index is 0.503. The van der Waals surface area contributed by atoms with E-state index < -0.39 is 5.79 Å². The van der Waals surface area contributed by atoms with Crippen molar-refractivity contribution in [3.8, 4) is 5.75 Å². The first kappa shape index (κ1) is 19.8. The van der Waals surface area contributed by atoms with Crippen molar-refractivity contribution in [2.24, 2.45) is 5.73 Å². The molecule has 0 radical (unpaired) electrons. The van der Waals surface area contributed by atoms with Gasteiger partial charge < -0.3 is 26.0 Å². The van der Waals surface area contributed by atoms with Crippen molar-refractivity contribution in [1.29, 1.82) is 0 Å². The Bertz CT molecular complexity index is 1350. The maximum atomic E-state index is 6.68. The van der Waals surface area contributed by atoms with Gasteiger partial charge in [-0.2, -0.15) is 0 Å². The van der Waals surface area contributed by atoms with E-state index in [1.165, 1.54) is 11.1 Å². The Morgan fingerprint density at radius 1 is 1.03 bits per heavy atom. The largest absolute Gasteiger partial charge is 0.495 e. The lowest BCUT2D eigenvalue weighted by Gasteiger charge is -2.26. The second-order valence-corrected chi connectivity index (χ2v) is 8.44.